The van der Waals surface area contributed by atoms with E-state index in [1.165, 1.54) is 0 Å². The topological polar surface area (TPSA) is 68.0 Å². The van der Waals surface area contributed by atoms with Crippen LogP contribution in [-0.4, -0.2) is 16.9 Å². The van der Waals surface area contributed by atoms with Gasteiger partial charge in [-0.05, 0) is 39.5 Å². The molecule has 3 unspecified atom stereocenters. The van der Waals surface area contributed by atoms with Gasteiger partial charge in [-0.15, -0.1) is 36.2 Å². The maximum absolute atomic E-state index is 12.4. The van der Waals surface area contributed by atoms with E-state index in [0.717, 1.165) is 36.4 Å². The van der Waals surface area contributed by atoms with Crippen LogP contribution in [0.4, 0.5) is 0 Å². The molecule has 1 aliphatic rings. The summed E-state index contributed by atoms with van der Waals surface area (Å²) in [5.41, 5.74) is 6.54. The van der Waals surface area contributed by atoms with Gasteiger partial charge in [-0.1, -0.05) is 6.92 Å². The highest BCUT2D eigenvalue weighted by molar-refractivity contribution is 7.09. The number of amides is 1. The fraction of sp³-hybridized carbons (Fsp3) is 0.714. The maximum atomic E-state index is 12.4. The van der Waals surface area contributed by atoms with E-state index in [-0.39, 0.29) is 48.2 Å². The fourth-order valence-electron chi connectivity index (χ4n) is 2.53. The van der Waals surface area contributed by atoms with Gasteiger partial charge in [-0.3, -0.25) is 4.79 Å². The summed E-state index contributed by atoms with van der Waals surface area (Å²) in [6, 6.07) is 0.186. The summed E-state index contributed by atoms with van der Waals surface area (Å²) in [7, 11) is 0. The summed E-state index contributed by atoms with van der Waals surface area (Å²) >= 11 is 1.62. The Bertz CT molecular complexity index is 469. The minimum atomic E-state index is -0.358. The zero-order chi connectivity index (χ0) is 14.0. The number of aryl methyl sites for hydroxylation is 1. The molecular formula is C14H25Cl2N3OS. The molecule has 1 saturated carbocycles. The summed E-state index contributed by atoms with van der Waals surface area (Å²) in [6.07, 6.45) is 3.51. The second-order valence-electron chi connectivity index (χ2n) is 5.74. The van der Waals surface area contributed by atoms with E-state index in [4.69, 9.17) is 5.73 Å². The minimum absolute atomic E-state index is 0. The van der Waals surface area contributed by atoms with Gasteiger partial charge in [-0.25, -0.2) is 4.98 Å². The Morgan fingerprint density at radius 1 is 1.52 bits per heavy atom. The largest absolute Gasteiger partial charge is 0.344 e. The Hall–Kier alpha value is -0.360. The third-order valence-corrected chi connectivity index (χ3v) is 5.27. The summed E-state index contributed by atoms with van der Waals surface area (Å²) in [6.45, 7) is 6.11. The van der Waals surface area contributed by atoms with Crippen LogP contribution >= 0.6 is 36.2 Å². The van der Waals surface area contributed by atoms with Crippen LogP contribution in [0, 0.1) is 12.8 Å². The van der Waals surface area contributed by atoms with Crippen molar-refractivity contribution in [1.82, 2.24) is 10.3 Å². The highest BCUT2D eigenvalue weighted by atomic mass is 35.5. The smallest absolute Gasteiger partial charge is 0.223 e. The molecule has 0 saturated heterocycles. The SMILES string of the molecule is CCC(C)(NC(=O)C1CCC(N)C1)c1nc(C)cs1.Cl.Cl. The molecule has 1 amide bonds. The summed E-state index contributed by atoms with van der Waals surface area (Å²) in [5, 5.41) is 6.21. The lowest BCUT2D eigenvalue weighted by molar-refractivity contribution is -0.126. The molecule has 0 aliphatic heterocycles. The van der Waals surface area contributed by atoms with Crippen LogP contribution in [0.15, 0.2) is 5.38 Å². The summed E-state index contributed by atoms with van der Waals surface area (Å²) in [5.74, 6) is 0.201. The summed E-state index contributed by atoms with van der Waals surface area (Å²) < 4.78 is 0. The monoisotopic (exact) mass is 353 g/mol. The first-order valence-electron chi connectivity index (χ1n) is 6.95. The number of nitrogens with two attached hydrogens (primary N) is 1. The van der Waals surface area contributed by atoms with Gasteiger partial charge in [0.15, 0.2) is 0 Å². The van der Waals surface area contributed by atoms with Gasteiger partial charge in [0.05, 0.1) is 5.54 Å². The van der Waals surface area contributed by atoms with Gasteiger partial charge >= 0.3 is 0 Å². The van der Waals surface area contributed by atoms with Crippen LogP contribution in [-0.2, 0) is 10.3 Å². The Morgan fingerprint density at radius 2 is 2.19 bits per heavy atom. The third kappa shape index (κ3) is 4.81. The second kappa shape index (κ2) is 8.32. The van der Waals surface area contributed by atoms with E-state index in [1.54, 1.807) is 11.3 Å². The average molecular weight is 354 g/mol. The first-order valence-corrected chi connectivity index (χ1v) is 7.83. The van der Waals surface area contributed by atoms with Gasteiger partial charge in [-0.2, -0.15) is 0 Å². The van der Waals surface area contributed by atoms with Crippen molar-refractivity contribution in [2.75, 3.05) is 0 Å². The molecular weight excluding hydrogens is 329 g/mol. The van der Waals surface area contributed by atoms with Crippen molar-refractivity contribution < 1.29 is 4.79 Å². The number of hydrogen-bond donors (Lipinski definition) is 2. The van der Waals surface area contributed by atoms with Crippen molar-refractivity contribution >= 4 is 42.1 Å². The molecule has 3 atom stereocenters. The average Bonchev–Trinajstić information content (AvgIpc) is 2.98. The van der Waals surface area contributed by atoms with E-state index in [2.05, 4.69) is 24.1 Å². The molecule has 3 N–H and O–H groups in total. The van der Waals surface area contributed by atoms with Gasteiger partial charge < -0.3 is 11.1 Å². The molecule has 0 spiro atoms. The number of hydrogen-bond acceptors (Lipinski definition) is 4. The molecule has 4 nitrogen and oxygen atoms in total. The van der Waals surface area contributed by atoms with Crippen LogP contribution in [0.1, 0.15) is 50.2 Å². The lowest BCUT2D eigenvalue weighted by atomic mass is 9.97. The second-order valence-corrected chi connectivity index (χ2v) is 6.60. The first kappa shape index (κ1) is 20.6. The van der Waals surface area contributed by atoms with Crippen molar-refractivity contribution in [2.24, 2.45) is 11.7 Å². The quantitative estimate of drug-likeness (QED) is 0.873. The lowest BCUT2D eigenvalue weighted by Crippen LogP contribution is -2.45. The van der Waals surface area contributed by atoms with Crippen LogP contribution in [0.5, 0.6) is 0 Å². The van der Waals surface area contributed by atoms with Crippen LogP contribution in [0.2, 0.25) is 0 Å². The Labute approximate surface area is 143 Å². The number of nitrogens with one attached hydrogen (secondary N) is 1. The van der Waals surface area contributed by atoms with E-state index in [1.807, 2.05) is 12.3 Å². The fourth-order valence-corrected chi connectivity index (χ4v) is 3.52. The Morgan fingerprint density at radius 3 is 2.62 bits per heavy atom. The molecule has 0 bridgehead atoms. The van der Waals surface area contributed by atoms with E-state index >= 15 is 0 Å². The van der Waals surface area contributed by atoms with Gasteiger partial charge in [0.1, 0.15) is 5.01 Å². The van der Waals surface area contributed by atoms with Crippen molar-refractivity contribution in [3.8, 4) is 0 Å². The predicted octanol–water partition coefficient (Wildman–Crippen LogP) is 3.16. The minimum Gasteiger partial charge on any atom is -0.344 e. The molecule has 21 heavy (non-hydrogen) atoms. The maximum Gasteiger partial charge on any atom is 0.223 e. The van der Waals surface area contributed by atoms with Crippen molar-refractivity contribution in [3.05, 3.63) is 16.1 Å². The first-order chi connectivity index (χ1) is 8.94. The molecule has 1 aromatic rings. The molecule has 0 radical (unpaired) electrons. The number of thiazole rings is 1. The van der Waals surface area contributed by atoms with Crippen LogP contribution < -0.4 is 11.1 Å². The van der Waals surface area contributed by atoms with Crippen LogP contribution in [0.25, 0.3) is 0 Å². The zero-order valence-corrected chi connectivity index (χ0v) is 15.2. The molecule has 1 aliphatic carbocycles. The molecule has 1 heterocycles. The highest BCUT2D eigenvalue weighted by Crippen LogP contribution is 2.30. The number of aromatic nitrogens is 1. The van der Waals surface area contributed by atoms with Crippen molar-refractivity contribution in [3.63, 3.8) is 0 Å². The van der Waals surface area contributed by atoms with E-state index in [0.29, 0.717) is 0 Å². The standard InChI is InChI=1S/C14H23N3OS.2ClH/c1-4-14(3,13-16-9(2)8-19-13)17-12(18)10-5-6-11(15)7-10;;/h8,10-11H,4-7,15H2,1-3H3,(H,17,18);2*1H. The van der Waals surface area contributed by atoms with E-state index < -0.39 is 0 Å². The molecule has 7 heteroatoms. The van der Waals surface area contributed by atoms with Crippen molar-refractivity contribution in [1.29, 1.82) is 0 Å². The number of nitrogens with zero attached hydrogens (tertiary/aromatic N) is 1. The van der Waals surface area contributed by atoms with Gasteiger partial charge in [0, 0.05) is 23.0 Å². The Balaban J connectivity index is 0.00000200. The van der Waals surface area contributed by atoms with E-state index in [9.17, 15) is 4.79 Å². The Kier molecular flexibility index (Phi) is 8.18. The van der Waals surface area contributed by atoms with Crippen LogP contribution in [0.3, 0.4) is 0 Å². The predicted molar refractivity (Wildman–Crippen MR) is 92.4 cm³/mol. The summed E-state index contributed by atoms with van der Waals surface area (Å²) in [4.78, 5) is 16.9. The normalized spacial score (nSPS) is 23.6. The number of carbonyl (C=O) groups excluding carboxylic acids is 1. The number of carbonyl (C=O) groups is 1. The molecule has 2 rings (SSSR count). The molecule has 122 valence electrons. The molecule has 1 fully saturated rings. The third-order valence-electron chi connectivity index (χ3n) is 4.04. The number of halogens is 2. The van der Waals surface area contributed by atoms with Crippen molar-refractivity contribution in [2.45, 2.75) is 58.0 Å². The highest BCUT2D eigenvalue weighted by Gasteiger charge is 2.34. The zero-order valence-electron chi connectivity index (χ0n) is 12.7. The van der Waals surface area contributed by atoms with Gasteiger partial charge in [0.25, 0.3) is 0 Å². The molecule has 1 aromatic heterocycles. The molecule has 0 aromatic carbocycles. The lowest BCUT2D eigenvalue weighted by Gasteiger charge is -2.29. The van der Waals surface area contributed by atoms with Gasteiger partial charge in [0.2, 0.25) is 5.91 Å². The number of rotatable bonds is 4.